The molecular weight excluding hydrogens is 434 g/mol. The molecule has 2 saturated heterocycles. The molecule has 8 heteroatoms. The van der Waals surface area contributed by atoms with Gasteiger partial charge in [0.05, 0.1) is 6.61 Å². The lowest BCUT2D eigenvalue weighted by Crippen LogP contribution is -2.47. The van der Waals surface area contributed by atoms with Gasteiger partial charge in [-0.2, -0.15) is 0 Å². The molecule has 3 heterocycles. The summed E-state index contributed by atoms with van der Waals surface area (Å²) in [7, 11) is 2.08. The number of fused-ring (bicyclic) bond motifs is 1. The van der Waals surface area contributed by atoms with Crippen LogP contribution in [-0.2, 0) is 11.3 Å². The predicted octanol–water partition coefficient (Wildman–Crippen LogP) is 3.37. The maximum Gasteiger partial charge on any atom is 0.407 e. The van der Waals surface area contributed by atoms with Crippen molar-refractivity contribution < 1.29 is 24.2 Å². The lowest BCUT2D eigenvalue weighted by atomic mass is 9.95. The number of ether oxygens (including phenoxy) is 2. The third-order valence-corrected chi connectivity index (χ3v) is 7.16. The largest absolute Gasteiger partial charge is 0.465 e. The van der Waals surface area contributed by atoms with Crippen molar-refractivity contribution in [1.29, 1.82) is 0 Å². The quantitative estimate of drug-likeness (QED) is 0.749. The second kappa shape index (κ2) is 9.64. The Morgan fingerprint density at radius 3 is 2.24 bits per heavy atom. The van der Waals surface area contributed by atoms with E-state index in [1.807, 2.05) is 41.3 Å². The van der Waals surface area contributed by atoms with E-state index in [0.717, 1.165) is 67.0 Å². The minimum Gasteiger partial charge on any atom is -0.465 e. The molecule has 2 aromatic rings. The topological polar surface area (TPSA) is 82.6 Å². The van der Waals surface area contributed by atoms with Crippen molar-refractivity contribution in [3.63, 3.8) is 0 Å². The number of hydrogen-bond acceptors (Lipinski definition) is 5. The maximum atomic E-state index is 12.8. The van der Waals surface area contributed by atoms with Gasteiger partial charge < -0.3 is 29.3 Å². The lowest BCUT2D eigenvalue weighted by Gasteiger charge is -2.36. The first-order valence-corrected chi connectivity index (χ1v) is 12.0. The van der Waals surface area contributed by atoms with Gasteiger partial charge in [-0.3, -0.25) is 4.79 Å². The minimum atomic E-state index is -0.862. The number of hydrogen-bond donors (Lipinski definition) is 1. The summed E-state index contributed by atoms with van der Waals surface area (Å²) in [5.74, 6) is 1.10. The molecule has 3 aliphatic rings. The summed E-state index contributed by atoms with van der Waals surface area (Å²) in [6.45, 7) is 4.84. The molecule has 0 spiro atoms. The number of carbonyl (C=O) groups is 2. The monoisotopic (exact) mass is 465 g/mol. The number of nitrogens with zero attached hydrogens (tertiary/aromatic N) is 3. The van der Waals surface area contributed by atoms with Gasteiger partial charge in [0.1, 0.15) is 5.75 Å². The summed E-state index contributed by atoms with van der Waals surface area (Å²) in [6, 6.07) is 13.9. The number of piperazine rings is 1. The Morgan fingerprint density at radius 1 is 0.882 bits per heavy atom. The molecule has 0 aromatic heterocycles. The van der Waals surface area contributed by atoms with Gasteiger partial charge in [-0.15, -0.1) is 0 Å². The molecular formula is C26H31N3O5. The van der Waals surface area contributed by atoms with Crippen LogP contribution in [0.3, 0.4) is 0 Å². The van der Waals surface area contributed by atoms with Gasteiger partial charge in [-0.25, -0.2) is 4.79 Å². The normalized spacial score (nSPS) is 21.6. The molecule has 1 N–H and O–H groups in total. The van der Waals surface area contributed by atoms with Crippen LogP contribution in [0.2, 0.25) is 0 Å². The fourth-order valence-electron chi connectivity index (χ4n) is 4.91. The standard InChI is InChI=1S/C26H31N3O5/c1-27-12-14-28(15-13-27)24(30)19-4-2-18(3-5-19)21-6-7-23-22(16-21)17-33-25(34-23)20-8-10-29(11-9-20)26(31)32/h2-7,16,20,25H,8-15,17H2,1H3,(H,31,32). The molecule has 1 unspecified atom stereocenters. The highest BCUT2D eigenvalue weighted by molar-refractivity contribution is 5.94. The third kappa shape index (κ3) is 4.74. The van der Waals surface area contributed by atoms with E-state index in [9.17, 15) is 9.59 Å². The summed E-state index contributed by atoms with van der Waals surface area (Å²) in [4.78, 5) is 29.5. The van der Waals surface area contributed by atoms with E-state index in [1.54, 1.807) is 0 Å². The lowest BCUT2D eigenvalue weighted by molar-refractivity contribution is -0.148. The smallest absolute Gasteiger partial charge is 0.407 e. The molecule has 3 aliphatic heterocycles. The van der Waals surface area contributed by atoms with Crippen LogP contribution in [0.15, 0.2) is 42.5 Å². The van der Waals surface area contributed by atoms with Crippen molar-refractivity contribution in [2.24, 2.45) is 5.92 Å². The summed E-state index contributed by atoms with van der Waals surface area (Å²) in [5, 5.41) is 9.14. The second-order valence-electron chi connectivity index (χ2n) is 9.40. The Hall–Kier alpha value is -3.10. The Bertz CT molecular complexity index is 1040. The van der Waals surface area contributed by atoms with Gasteiger partial charge in [0.15, 0.2) is 0 Å². The van der Waals surface area contributed by atoms with Crippen molar-refractivity contribution in [2.75, 3.05) is 46.3 Å². The highest BCUT2D eigenvalue weighted by atomic mass is 16.7. The molecule has 2 amide bonds. The number of carbonyl (C=O) groups excluding carboxylic acids is 1. The summed E-state index contributed by atoms with van der Waals surface area (Å²) < 4.78 is 12.2. The fraction of sp³-hybridized carbons (Fsp3) is 0.462. The number of amides is 2. The molecule has 0 bridgehead atoms. The van der Waals surface area contributed by atoms with Gasteiger partial charge in [-0.1, -0.05) is 18.2 Å². The minimum absolute atomic E-state index is 0.0899. The van der Waals surface area contributed by atoms with Crippen LogP contribution < -0.4 is 4.74 Å². The van der Waals surface area contributed by atoms with Gasteiger partial charge in [-0.05, 0) is 55.3 Å². The Kier molecular flexibility index (Phi) is 6.43. The SMILES string of the molecule is CN1CCN(C(=O)c2ccc(-c3ccc4c(c3)COC(C3CCN(C(=O)O)CC3)O4)cc2)CC1. The molecule has 5 rings (SSSR count). The molecule has 34 heavy (non-hydrogen) atoms. The molecule has 1 atom stereocenters. The van der Waals surface area contributed by atoms with Crippen molar-refractivity contribution in [1.82, 2.24) is 14.7 Å². The van der Waals surface area contributed by atoms with Crippen LogP contribution in [0.5, 0.6) is 5.75 Å². The zero-order valence-corrected chi connectivity index (χ0v) is 19.5. The van der Waals surface area contributed by atoms with Crippen LogP contribution in [0.1, 0.15) is 28.8 Å². The Labute approximate surface area is 199 Å². The first kappa shape index (κ1) is 22.7. The van der Waals surface area contributed by atoms with E-state index in [2.05, 4.69) is 18.0 Å². The number of carboxylic acid groups (broad SMARTS) is 1. The van der Waals surface area contributed by atoms with Crippen LogP contribution in [0.25, 0.3) is 11.1 Å². The van der Waals surface area contributed by atoms with E-state index < -0.39 is 6.09 Å². The molecule has 2 aromatic carbocycles. The van der Waals surface area contributed by atoms with Crippen LogP contribution >= 0.6 is 0 Å². The number of likely N-dealkylation sites (tertiary alicyclic amines) is 1. The highest BCUT2D eigenvalue weighted by Crippen LogP contribution is 2.35. The van der Waals surface area contributed by atoms with E-state index in [0.29, 0.717) is 19.7 Å². The number of rotatable bonds is 3. The van der Waals surface area contributed by atoms with Gasteiger partial charge in [0.2, 0.25) is 6.29 Å². The van der Waals surface area contributed by atoms with E-state index >= 15 is 0 Å². The summed E-state index contributed by atoms with van der Waals surface area (Å²) in [6.07, 6.45) is 0.278. The summed E-state index contributed by atoms with van der Waals surface area (Å²) in [5.41, 5.74) is 3.81. The van der Waals surface area contributed by atoms with Crippen LogP contribution in [0.4, 0.5) is 4.79 Å². The van der Waals surface area contributed by atoms with Crippen LogP contribution in [0, 0.1) is 5.92 Å². The number of likely N-dealkylation sites (N-methyl/N-ethyl adjacent to an activating group) is 1. The Balaban J connectivity index is 1.22. The zero-order valence-electron chi connectivity index (χ0n) is 19.5. The fourth-order valence-corrected chi connectivity index (χ4v) is 4.91. The maximum absolute atomic E-state index is 12.8. The highest BCUT2D eigenvalue weighted by Gasteiger charge is 2.33. The average molecular weight is 466 g/mol. The molecule has 2 fully saturated rings. The predicted molar refractivity (Wildman–Crippen MR) is 127 cm³/mol. The second-order valence-corrected chi connectivity index (χ2v) is 9.40. The Morgan fingerprint density at radius 2 is 1.56 bits per heavy atom. The van der Waals surface area contributed by atoms with Crippen molar-refractivity contribution in [3.8, 4) is 16.9 Å². The molecule has 0 saturated carbocycles. The van der Waals surface area contributed by atoms with Gasteiger partial charge >= 0.3 is 6.09 Å². The zero-order chi connectivity index (χ0) is 23.7. The molecule has 0 radical (unpaired) electrons. The third-order valence-electron chi connectivity index (χ3n) is 7.16. The van der Waals surface area contributed by atoms with Gasteiger partial charge in [0.25, 0.3) is 5.91 Å². The van der Waals surface area contributed by atoms with Crippen molar-refractivity contribution >= 4 is 12.0 Å². The first-order valence-electron chi connectivity index (χ1n) is 12.0. The van der Waals surface area contributed by atoms with Crippen LogP contribution in [-0.4, -0.2) is 84.4 Å². The van der Waals surface area contributed by atoms with Gasteiger partial charge in [0, 0.05) is 56.3 Å². The van der Waals surface area contributed by atoms with Crippen molar-refractivity contribution in [2.45, 2.75) is 25.7 Å². The molecule has 0 aliphatic carbocycles. The first-order chi connectivity index (χ1) is 16.5. The summed E-state index contributed by atoms with van der Waals surface area (Å²) >= 11 is 0. The van der Waals surface area contributed by atoms with E-state index in [-0.39, 0.29) is 18.1 Å². The number of piperidine rings is 1. The number of benzene rings is 2. The van der Waals surface area contributed by atoms with Crippen molar-refractivity contribution in [3.05, 3.63) is 53.6 Å². The molecule has 8 nitrogen and oxygen atoms in total. The van der Waals surface area contributed by atoms with E-state index in [4.69, 9.17) is 14.6 Å². The van der Waals surface area contributed by atoms with E-state index in [1.165, 1.54) is 4.90 Å². The average Bonchev–Trinajstić information content (AvgIpc) is 2.88. The molecule has 180 valence electrons.